The fraction of sp³-hybridized carbons (Fsp3) is 0.143. The first-order valence-electron chi connectivity index (χ1n) is 9.23. The van der Waals surface area contributed by atoms with Gasteiger partial charge < -0.3 is 16.2 Å². The van der Waals surface area contributed by atoms with Gasteiger partial charge in [-0.2, -0.15) is 9.78 Å². The lowest BCUT2D eigenvalue weighted by Crippen LogP contribution is -2.26. The van der Waals surface area contributed by atoms with Crippen molar-refractivity contribution in [3.05, 3.63) is 76.0 Å². The number of aliphatic hydroxyl groups excluding tert-OH is 1. The second-order valence-electron chi connectivity index (χ2n) is 6.55. The monoisotopic (exact) mass is 463 g/mol. The second-order valence-corrected chi connectivity index (χ2v) is 7.35. The van der Waals surface area contributed by atoms with Crippen LogP contribution >= 0.6 is 15.9 Å². The minimum atomic E-state index is -0.324. The Morgan fingerprint density at radius 2 is 1.97 bits per heavy atom. The SMILES string of the molecule is N#Cc1cccc(-c2nc(N)n3nc(C(NCCO)c4ccccc4)nc3c2Br)c1. The second kappa shape index (κ2) is 8.59. The highest BCUT2D eigenvalue weighted by atomic mass is 79.9. The van der Waals surface area contributed by atoms with Crippen LogP contribution in [0.15, 0.2) is 59.1 Å². The molecule has 4 N–H and O–H groups in total. The van der Waals surface area contributed by atoms with Crippen LogP contribution in [-0.4, -0.2) is 37.8 Å². The van der Waals surface area contributed by atoms with Gasteiger partial charge in [-0.3, -0.25) is 0 Å². The van der Waals surface area contributed by atoms with Gasteiger partial charge in [0.1, 0.15) is 0 Å². The van der Waals surface area contributed by atoms with Gasteiger partial charge >= 0.3 is 0 Å². The highest BCUT2D eigenvalue weighted by Gasteiger charge is 2.22. The highest BCUT2D eigenvalue weighted by Crippen LogP contribution is 2.32. The van der Waals surface area contributed by atoms with Crippen molar-refractivity contribution in [2.45, 2.75) is 6.04 Å². The number of aliphatic hydroxyl groups is 1. The van der Waals surface area contributed by atoms with Crippen LogP contribution in [0.25, 0.3) is 16.9 Å². The van der Waals surface area contributed by atoms with Gasteiger partial charge in [-0.1, -0.05) is 42.5 Å². The Kier molecular flexibility index (Phi) is 5.72. The zero-order valence-electron chi connectivity index (χ0n) is 15.8. The van der Waals surface area contributed by atoms with E-state index in [0.717, 1.165) is 11.1 Å². The summed E-state index contributed by atoms with van der Waals surface area (Å²) < 4.78 is 2.10. The number of rotatable bonds is 6. The van der Waals surface area contributed by atoms with Crippen molar-refractivity contribution < 1.29 is 5.11 Å². The fourth-order valence-corrected chi connectivity index (χ4v) is 3.78. The van der Waals surface area contributed by atoms with Gasteiger partial charge in [0, 0.05) is 12.1 Å². The number of fused-ring (bicyclic) bond motifs is 1. The molecule has 9 heteroatoms. The zero-order chi connectivity index (χ0) is 21.1. The van der Waals surface area contributed by atoms with Crippen LogP contribution in [0.5, 0.6) is 0 Å². The Bertz CT molecular complexity index is 1230. The summed E-state index contributed by atoms with van der Waals surface area (Å²) in [4.78, 5) is 9.18. The molecule has 1 atom stereocenters. The van der Waals surface area contributed by atoms with Crippen LogP contribution in [0.1, 0.15) is 23.0 Å². The first-order valence-corrected chi connectivity index (χ1v) is 10.0. The first-order chi connectivity index (χ1) is 14.6. The molecular formula is C21H18BrN7O. The first kappa shape index (κ1) is 20.0. The van der Waals surface area contributed by atoms with Gasteiger partial charge in [0.15, 0.2) is 11.5 Å². The summed E-state index contributed by atoms with van der Waals surface area (Å²) in [5.74, 6) is 0.685. The smallest absolute Gasteiger partial charge is 0.223 e. The van der Waals surface area contributed by atoms with E-state index >= 15 is 0 Å². The van der Waals surface area contributed by atoms with Crippen LogP contribution in [-0.2, 0) is 0 Å². The van der Waals surface area contributed by atoms with E-state index in [9.17, 15) is 10.4 Å². The molecule has 2 aromatic carbocycles. The standard InChI is InChI=1S/C21H18BrN7O/c22-16-17(15-8-4-5-13(11-15)12-23)26-21(24)29-20(16)27-19(28-29)18(25-9-10-30)14-6-2-1-3-7-14/h1-8,11,18,25,30H,9-10H2,(H2,24,26). The summed E-state index contributed by atoms with van der Waals surface area (Å²) in [7, 11) is 0. The number of aromatic nitrogens is 4. The van der Waals surface area contributed by atoms with Gasteiger partial charge in [-0.25, -0.2) is 9.97 Å². The fourth-order valence-electron chi connectivity index (χ4n) is 3.21. The minimum absolute atomic E-state index is 0.0104. The van der Waals surface area contributed by atoms with Crippen molar-refractivity contribution in [1.29, 1.82) is 5.26 Å². The molecule has 4 rings (SSSR count). The lowest BCUT2D eigenvalue weighted by molar-refractivity contribution is 0.287. The summed E-state index contributed by atoms with van der Waals surface area (Å²) in [6.45, 7) is 0.375. The van der Waals surface area contributed by atoms with E-state index in [-0.39, 0.29) is 18.6 Å². The van der Waals surface area contributed by atoms with E-state index < -0.39 is 0 Å². The quantitative estimate of drug-likeness (QED) is 0.401. The number of nitriles is 1. The molecule has 0 aliphatic carbocycles. The van der Waals surface area contributed by atoms with E-state index in [1.54, 1.807) is 18.2 Å². The summed E-state index contributed by atoms with van der Waals surface area (Å²) in [5.41, 5.74) is 9.52. The molecule has 4 aromatic rings. The van der Waals surface area contributed by atoms with Gasteiger partial charge in [0.05, 0.1) is 34.4 Å². The number of nitrogen functional groups attached to an aromatic ring is 1. The molecule has 0 spiro atoms. The van der Waals surface area contributed by atoms with Gasteiger partial charge in [-0.15, -0.1) is 5.10 Å². The molecule has 0 saturated heterocycles. The number of nitrogens with two attached hydrogens (primary N) is 1. The molecular weight excluding hydrogens is 446 g/mol. The Balaban J connectivity index is 1.85. The molecule has 30 heavy (non-hydrogen) atoms. The molecule has 1 unspecified atom stereocenters. The number of halogens is 1. The number of hydrogen-bond acceptors (Lipinski definition) is 7. The third kappa shape index (κ3) is 3.76. The molecule has 0 radical (unpaired) electrons. The maximum atomic E-state index is 9.27. The van der Waals surface area contributed by atoms with E-state index in [2.05, 4.69) is 37.4 Å². The van der Waals surface area contributed by atoms with Crippen LogP contribution in [0.4, 0.5) is 5.95 Å². The Morgan fingerprint density at radius 1 is 1.17 bits per heavy atom. The van der Waals surface area contributed by atoms with Crippen molar-refractivity contribution >= 4 is 27.5 Å². The maximum absolute atomic E-state index is 9.27. The highest BCUT2D eigenvalue weighted by molar-refractivity contribution is 9.10. The molecule has 0 amide bonds. The molecule has 0 fully saturated rings. The Hall–Kier alpha value is -3.32. The van der Waals surface area contributed by atoms with E-state index in [4.69, 9.17) is 10.7 Å². The zero-order valence-corrected chi connectivity index (χ0v) is 17.4. The summed E-state index contributed by atoms with van der Waals surface area (Å²) in [6.07, 6.45) is 0. The van der Waals surface area contributed by atoms with Crippen LogP contribution < -0.4 is 11.1 Å². The Labute approximate surface area is 181 Å². The van der Waals surface area contributed by atoms with Crippen molar-refractivity contribution in [1.82, 2.24) is 24.9 Å². The number of anilines is 1. The topological polar surface area (TPSA) is 125 Å². The van der Waals surface area contributed by atoms with Crippen molar-refractivity contribution in [3.8, 4) is 17.3 Å². The number of benzene rings is 2. The Morgan fingerprint density at radius 3 is 2.70 bits per heavy atom. The molecule has 0 aliphatic rings. The van der Waals surface area contributed by atoms with Crippen molar-refractivity contribution in [3.63, 3.8) is 0 Å². The molecule has 2 aromatic heterocycles. The van der Waals surface area contributed by atoms with Crippen LogP contribution in [0.2, 0.25) is 0 Å². The van der Waals surface area contributed by atoms with Crippen LogP contribution in [0.3, 0.4) is 0 Å². The van der Waals surface area contributed by atoms with Gasteiger partial charge in [0.25, 0.3) is 0 Å². The third-order valence-corrected chi connectivity index (χ3v) is 5.32. The maximum Gasteiger partial charge on any atom is 0.223 e. The van der Waals surface area contributed by atoms with Gasteiger partial charge in [0.2, 0.25) is 5.95 Å². The average Bonchev–Trinajstić information content (AvgIpc) is 3.23. The lowest BCUT2D eigenvalue weighted by atomic mass is 10.1. The van der Waals surface area contributed by atoms with E-state index in [0.29, 0.717) is 33.7 Å². The summed E-state index contributed by atoms with van der Waals surface area (Å²) in [5, 5.41) is 26.3. The predicted octanol–water partition coefficient (Wildman–Crippen LogP) is 2.68. The molecule has 0 saturated carbocycles. The van der Waals surface area contributed by atoms with Gasteiger partial charge in [-0.05, 0) is 33.6 Å². The molecule has 8 nitrogen and oxygen atoms in total. The van der Waals surface area contributed by atoms with Crippen LogP contribution in [0, 0.1) is 11.3 Å². The molecule has 0 bridgehead atoms. The predicted molar refractivity (Wildman–Crippen MR) is 116 cm³/mol. The largest absolute Gasteiger partial charge is 0.395 e. The molecule has 0 aliphatic heterocycles. The normalized spacial score (nSPS) is 12.0. The van der Waals surface area contributed by atoms with Crippen molar-refractivity contribution in [2.75, 3.05) is 18.9 Å². The minimum Gasteiger partial charge on any atom is -0.395 e. The van der Waals surface area contributed by atoms with E-state index in [1.165, 1.54) is 4.52 Å². The lowest BCUT2D eigenvalue weighted by Gasteiger charge is -2.15. The van der Waals surface area contributed by atoms with Crippen molar-refractivity contribution in [2.24, 2.45) is 0 Å². The summed E-state index contributed by atoms with van der Waals surface area (Å²) >= 11 is 3.59. The third-order valence-electron chi connectivity index (χ3n) is 4.59. The average molecular weight is 464 g/mol. The molecule has 150 valence electrons. The van der Waals surface area contributed by atoms with E-state index in [1.807, 2.05) is 36.4 Å². The summed E-state index contributed by atoms with van der Waals surface area (Å²) in [6, 6.07) is 18.7. The molecule has 2 heterocycles. The number of nitrogens with zero attached hydrogens (tertiary/aromatic N) is 5. The number of hydrogen-bond donors (Lipinski definition) is 3. The number of nitrogens with one attached hydrogen (secondary N) is 1.